The Labute approximate surface area is 366 Å². The highest BCUT2D eigenvalue weighted by molar-refractivity contribution is 8.46. The maximum absolute atomic E-state index is 14.3. The van der Waals surface area contributed by atoms with Gasteiger partial charge in [0.2, 0.25) is 22.6 Å². The number of halogens is 20. The second kappa shape index (κ2) is 11.0. The first-order valence-electron chi connectivity index (χ1n) is 18.2. The van der Waals surface area contributed by atoms with Gasteiger partial charge in [-0.25, -0.2) is 0 Å². The lowest BCUT2D eigenvalue weighted by molar-refractivity contribution is -0.790. The van der Waals surface area contributed by atoms with Crippen LogP contribution in [-0.4, -0.2) is 60.4 Å². The van der Waals surface area contributed by atoms with Crippen LogP contribution in [0.1, 0.15) is 22.3 Å². The Hall–Kier alpha value is -5.76. The second-order valence-corrected chi connectivity index (χ2v) is 26.9. The van der Waals surface area contributed by atoms with E-state index in [2.05, 4.69) is 0 Å². The summed E-state index contributed by atoms with van der Waals surface area (Å²) in [5.74, 6) is 1.11. The van der Waals surface area contributed by atoms with Gasteiger partial charge in [-0.2, -0.15) is 9.13 Å². The monoisotopic (exact) mass is 1080 g/mol. The lowest BCUT2D eigenvalue weighted by Gasteiger charge is -2.40. The third-order valence-electron chi connectivity index (χ3n) is 9.89. The van der Waals surface area contributed by atoms with Crippen LogP contribution in [0, 0.1) is 0 Å². The van der Waals surface area contributed by atoms with Gasteiger partial charge in [-0.05, 0) is 54.6 Å². The number of benzene rings is 4. The smallest absolute Gasteiger partial charge is 0.192 e. The highest BCUT2D eigenvalue weighted by atomic mass is 32.5. The molecule has 0 bridgehead atoms. The first-order chi connectivity index (χ1) is 29.8. The van der Waals surface area contributed by atoms with E-state index in [1.165, 1.54) is 0 Å². The van der Waals surface area contributed by atoms with E-state index in [1.54, 1.807) is 4.57 Å². The summed E-state index contributed by atoms with van der Waals surface area (Å²) in [6.45, 7) is 0. The fourth-order valence-electron chi connectivity index (χ4n) is 8.15. The van der Waals surface area contributed by atoms with Crippen molar-refractivity contribution in [3.05, 3.63) is 124 Å². The van der Waals surface area contributed by atoms with Gasteiger partial charge in [-0.1, -0.05) is 134 Å². The molecule has 1 spiro atoms. The number of fused-ring (bicyclic) bond motifs is 12. The number of hydrogen-bond acceptors (Lipinski definition) is 4. The molecule has 8 nitrogen and oxygen atoms in total. The van der Waals surface area contributed by atoms with E-state index < -0.39 is 70.5 Å². The normalized spacial score (nSPS) is 22.2. The topological polar surface area (TPSA) is 65.3 Å². The summed E-state index contributed by atoms with van der Waals surface area (Å²) in [6, 6.07) is 25.1. The Morgan fingerprint density at radius 2 is 0.735 bits per heavy atom. The Kier molecular flexibility index (Phi) is 7.64. The van der Waals surface area contributed by atoms with Crippen LogP contribution in [0.3, 0.4) is 0 Å². The predicted molar refractivity (Wildman–Crippen MR) is 222 cm³/mol. The molecule has 370 valence electrons. The lowest BCUT2D eigenvalue weighted by Crippen LogP contribution is -2.71. The molecule has 0 N–H and O–H groups in total. The average molecular weight is 1080 g/mol. The van der Waals surface area contributed by atoms with Gasteiger partial charge < -0.3 is 0 Å². The van der Waals surface area contributed by atoms with Crippen molar-refractivity contribution in [2.24, 2.45) is 20.0 Å². The van der Waals surface area contributed by atoms with Gasteiger partial charge in [0.25, 0.3) is 54.0 Å². The molecule has 0 unspecified atom stereocenters. The van der Waals surface area contributed by atoms with Crippen molar-refractivity contribution in [2.75, 3.05) is 18.8 Å². The summed E-state index contributed by atoms with van der Waals surface area (Å²) in [5, 5.41) is 1.86. The standard InChI is InChI=1S/C33H15F5N8S.3CH3F5S/c34-47(35,36,37,38)16-13-14-23-24(15-16)32-42-30-22-12-6-5-11-21(22)28-40-26-18-8-2-1-7-17(18)25-39-27-19-9-3-4-10-20(19)29-41-31(23)46(32)33(43(25)26,44(27)29)45(28)30;3*1-7(2,3,4,5)6/h1-15H;3*1H3/q+2;;;/t33-;;;/m1.../s1. The molecule has 0 aliphatic carbocycles. The number of amidine groups is 4. The summed E-state index contributed by atoms with van der Waals surface area (Å²) >= 11 is 0. The maximum atomic E-state index is 14.3. The Balaban J connectivity index is 0.000000232. The van der Waals surface area contributed by atoms with Gasteiger partial charge in [0.15, 0.2) is 0 Å². The first kappa shape index (κ1) is 47.3. The Bertz CT molecular complexity index is 3540. The van der Waals surface area contributed by atoms with E-state index in [0.29, 0.717) is 57.8 Å². The molecule has 0 saturated heterocycles. The van der Waals surface area contributed by atoms with Crippen molar-refractivity contribution in [3.63, 3.8) is 0 Å². The molecule has 0 saturated carbocycles. The minimum atomic E-state index is -10.1. The highest BCUT2D eigenvalue weighted by Gasteiger charge is 2.70. The zero-order valence-corrected chi connectivity index (χ0v) is 36.7. The molecule has 2 aromatic heterocycles. The van der Waals surface area contributed by atoms with Crippen LogP contribution < -0.4 is 11.0 Å². The zero-order chi connectivity index (χ0) is 50.7. The molecule has 6 aromatic rings. The molecular formula is C36H24F20N8S4+2. The number of nitrogens with zero attached hydrogens (tertiary/aromatic N) is 8. The van der Waals surface area contributed by atoms with Crippen molar-refractivity contribution >= 4 is 97.4 Å². The van der Waals surface area contributed by atoms with E-state index in [1.807, 2.05) is 86.5 Å². The molecule has 32 heteroatoms. The number of rotatable bonds is 1. The molecule has 4 aromatic carbocycles. The van der Waals surface area contributed by atoms with Gasteiger partial charge in [-0.15, -0.1) is 9.15 Å². The summed E-state index contributed by atoms with van der Waals surface area (Å²) in [7, 11) is -37.0. The largest absolute Gasteiger partial charge is 0.404 e. The quantitative estimate of drug-likeness (QED) is 0.116. The summed E-state index contributed by atoms with van der Waals surface area (Å²) in [6.07, 6.45) is -2.96. The number of aliphatic imine (C=N–C) groups is 2. The fraction of sp³-hybridized carbons (Fsp3) is 0.111. The Morgan fingerprint density at radius 3 is 1.10 bits per heavy atom. The maximum Gasteiger partial charge on any atom is 0.404 e. The number of aromatic nitrogens is 2. The molecule has 0 radical (unpaired) electrons. The van der Waals surface area contributed by atoms with Crippen molar-refractivity contribution in [3.8, 4) is 0 Å². The second-order valence-electron chi connectivity index (χ2n) is 16.4. The van der Waals surface area contributed by atoms with Crippen LogP contribution in [-0.2, 0) is 5.91 Å². The van der Waals surface area contributed by atoms with E-state index in [-0.39, 0.29) is 16.6 Å². The fourth-order valence-corrected chi connectivity index (χ4v) is 8.81. The van der Waals surface area contributed by atoms with Crippen LogP contribution in [0.4, 0.5) is 89.4 Å². The van der Waals surface area contributed by atoms with Gasteiger partial charge in [0, 0.05) is 21.5 Å². The molecule has 1 atom stereocenters. The van der Waals surface area contributed by atoms with E-state index in [0.717, 1.165) is 33.5 Å². The summed E-state index contributed by atoms with van der Waals surface area (Å²) in [4.78, 5) is 18.6. The average Bonchev–Trinajstić information content (AvgIpc) is 3.83. The molecule has 0 amide bonds. The van der Waals surface area contributed by atoms with E-state index in [9.17, 15) is 77.7 Å². The van der Waals surface area contributed by atoms with Crippen LogP contribution >= 0.6 is 40.9 Å². The molecule has 68 heavy (non-hydrogen) atoms. The van der Waals surface area contributed by atoms with Crippen LogP contribution in [0.15, 0.2) is 116 Å². The minimum Gasteiger partial charge on any atom is -0.192 e. The van der Waals surface area contributed by atoms with Crippen molar-refractivity contribution < 1.29 is 86.9 Å². The Morgan fingerprint density at radius 1 is 0.397 bits per heavy atom. The highest BCUT2D eigenvalue weighted by Crippen LogP contribution is 3.02. The van der Waals surface area contributed by atoms with Crippen LogP contribution in [0.2, 0.25) is 0 Å². The van der Waals surface area contributed by atoms with Gasteiger partial charge in [0.1, 0.15) is 4.90 Å². The number of hydrogen-bond donors (Lipinski definition) is 0. The summed E-state index contributed by atoms with van der Waals surface area (Å²) in [5.41, 5.74) is 4.32. The molecule has 0 fully saturated rings. The predicted octanol–water partition coefficient (Wildman–Crippen LogP) is 15.1. The molecule has 6 aliphatic rings. The molecule has 8 heterocycles. The van der Waals surface area contributed by atoms with Gasteiger partial charge >= 0.3 is 16.1 Å². The van der Waals surface area contributed by atoms with E-state index in [4.69, 9.17) is 20.0 Å². The summed E-state index contributed by atoms with van der Waals surface area (Å²) < 4.78 is 237. The van der Waals surface area contributed by atoms with E-state index >= 15 is 0 Å². The third kappa shape index (κ3) is 8.89. The van der Waals surface area contributed by atoms with Gasteiger partial charge in [-0.3, -0.25) is 0 Å². The third-order valence-corrected chi connectivity index (χ3v) is 11.0. The van der Waals surface area contributed by atoms with Gasteiger partial charge in [0.05, 0.1) is 41.0 Å². The minimum absolute atomic E-state index is 0.0802. The van der Waals surface area contributed by atoms with Crippen molar-refractivity contribution in [1.82, 2.24) is 9.13 Å². The zero-order valence-electron chi connectivity index (χ0n) is 33.4. The SMILES string of the molecule is CS(F)(F)(F)(F)F.CS(F)(F)(F)(F)F.CS(F)(F)(F)(F)F.FS(F)(F)(F)(F)c1ccc2c3n4c(c2c1)N=C1c2ccccc2C2=[N+]1[C@]41n4c(c5ccccc5c4=N2)=NC2=[N+]1C(=N3)c1ccccc12. The molecule has 6 aliphatic heterocycles. The first-order valence-corrected chi connectivity index (χ1v) is 27.2. The van der Waals surface area contributed by atoms with Crippen LogP contribution in [0.5, 0.6) is 0 Å². The van der Waals surface area contributed by atoms with Crippen molar-refractivity contribution in [1.29, 1.82) is 0 Å². The lowest BCUT2D eigenvalue weighted by atomic mass is 10.1. The van der Waals surface area contributed by atoms with Crippen molar-refractivity contribution in [2.45, 2.75) is 10.8 Å². The molecular weight excluding hydrogens is 1050 g/mol. The van der Waals surface area contributed by atoms with Crippen LogP contribution in [0.25, 0.3) is 21.5 Å². The molecule has 12 rings (SSSR count).